The second-order valence-corrected chi connectivity index (χ2v) is 0.289. The van der Waals surface area contributed by atoms with E-state index in [1.807, 2.05) is 0 Å². The van der Waals surface area contributed by atoms with E-state index in [9.17, 15) is 0 Å². The predicted octanol–water partition coefficient (Wildman–Crippen LogP) is -6.54. The minimum Gasteiger partial charge on any atom is -0.907 e. The minimum absolute atomic E-state index is 0. The zero-order valence-electron chi connectivity index (χ0n) is 4.66. The zero-order chi connectivity index (χ0) is 3.58. The molecule has 0 aromatic rings. The van der Waals surface area contributed by atoms with Gasteiger partial charge in [-0.1, -0.05) is 0 Å². The predicted molar refractivity (Wildman–Crippen MR) is 26.4 cm³/mol. The zero-order valence-corrected chi connectivity index (χ0v) is 7.49. The Labute approximate surface area is 84.7 Å². The van der Waals surface area contributed by atoms with Crippen molar-refractivity contribution in [1.29, 1.82) is 0 Å². The van der Waals surface area contributed by atoms with Gasteiger partial charge in [0.15, 0.2) is 0 Å². The van der Waals surface area contributed by atoms with Crippen LogP contribution in [0.3, 0.4) is 0 Å². The summed E-state index contributed by atoms with van der Waals surface area (Å²) in [6, 6.07) is 0. The van der Waals surface area contributed by atoms with Gasteiger partial charge < -0.3 is 31.5 Å². The van der Waals surface area contributed by atoms with Crippen molar-refractivity contribution >= 4 is 53.4 Å². The van der Waals surface area contributed by atoms with E-state index in [1.54, 1.807) is 0 Å². The average molecular weight is 160 g/mol. The third kappa shape index (κ3) is 275. The maximum absolute atomic E-state index is 8.42. The van der Waals surface area contributed by atoms with Crippen molar-refractivity contribution in [2.24, 2.45) is 0 Å². The molecule has 0 amide bonds. The molecule has 0 radical (unpaired) electrons. The van der Waals surface area contributed by atoms with E-state index in [-0.39, 0.29) is 62.5 Å². The largest absolute Gasteiger partial charge is 2.00 e. The molecular weight excluding hydrogens is 155 g/mol. The van der Waals surface area contributed by atoms with Crippen molar-refractivity contribution < 1.29 is 31.5 Å². The van der Waals surface area contributed by atoms with Crippen LogP contribution in [0.5, 0.6) is 0 Å². The Morgan fingerprint density at radius 1 is 0.778 bits per heavy atom. The van der Waals surface area contributed by atoms with Gasteiger partial charge in [-0.05, 0) is 0 Å². The summed E-state index contributed by atoms with van der Waals surface area (Å²) in [5.41, 5.74) is 0. The number of hydrogen-bond acceptors (Lipinski definition) is 4. The fourth-order valence-electron chi connectivity index (χ4n) is 0. The molecule has 9 heavy (non-hydrogen) atoms. The fourth-order valence-corrected chi connectivity index (χ4v) is 0. The van der Waals surface area contributed by atoms with Crippen LogP contribution in [0.4, 0.5) is 0 Å². The third-order valence-electron chi connectivity index (χ3n) is 0. The molecule has 0 fully saturated rings. The fraction of sp³-hybridized carbons (Fsp3) is 0. The molecule has 0 saturated heterocycles. The van der Waals surface area contributed by atoms with Crippen LogP contribution in [-0.2, 0) is 0 Å². The van der Waals surface area contributed by atoms with Gasteiger partial charge in [0.05, 0.1) is 0 Å². The van der Waals surface area contributed by atoms with Crippen molar-refractivity contribution in [1.82, 2.24) is 0 Å². The first-order valence-corrected chi connectivity index (χ1v) is 0.707. The second-order valence-electron chi connectivity index (χ2n) is 0.289. The first kappa shape index (κ1) is 47.8. The van der Waals surface area contributed by atoms with Crippen LogP contribution in [0.2, 0.25) is 0 Å². The van der Waals surface area contributed by atoms with Crippen LogP contribution in [0.15, 0.2) is 0 Å². The summed E-state index contributed by atoms with van der Waals surface area (Å²) in [4.78, 5) is 0. The molecule has 0 aliphatic heterocycles. The summed E-state index contributed by atoms with van der Waals surface area (Å²) in [5.74, 6) is 0. The maximum atomic E-state index is 8.42. The van der Waals surface area contributed by atoms with Gasteiger partial charge in [-0.25, -0.2) is 0 Å². The summed E-state index contributed by atoms with van der Waals surface area (Å²) < 4.78 is 0. The molecule has 0 aliphatic rings. The summed E-state index contributed by atoms with van der Waals surface area (Å²) in [7, 11) is -2.92. The topological polar surface area (TPSA) is 162 Å². The molecule has 0 rings (SSSR count). The first-order valence-electron chi connectivity index (χ1n) is 0.707. The molecule has 0 aromatic carbocycles. The molecule has 48 valence electrons. The molecule has 0 aliphatic carbocycles. The molecular formula is H5BMg2O6. The molecule has 0 bridgehead atoms. The quantitative estimate of drug-likeness (QED) is 0.322. The SMILES string of the molecule is O.O.[Mg+2].[Mg+2].[O-]B([O-])[O-].[OH-]. The van der Waals surface area contributed by atoms with E-state index in [0.717, 1.165) is 0 Å². The van der Waals surface area contributed by atoms with Crippen molar-refractivity contribution in [3.8, 4) is 0 Å². The van der Waals surface area contributed by atoms with E-state index < -0.39 is 7.32 Å². The minimum atomic E-state index is -2.92. The Morgan fingerprint density at radius 3 is 0.778 bits per heavy atom. The Kier molecular flexibility index (Phi) is 183. The molecule has 0 atom stereocenters. The normalized spacial score (nSPS) is 3.00. The number of hydrogen-bond donors (Lipinski definition) is 0. The second kappa shape index (κ2) is 34.4. The Hall–Kier alpha value is 1.36. The summed E-state index contributed by atoms with van der Waals surface area (Å²) in [5, 5.41) is 25.2. The van der Waals surface area contributed by atoms with Crippen molar-refractivity contribution in [3.63, 3.8) is 0 Å². The third-order valence-corrected chi connectivity index (χ3v) is 0. The molecule has 6 nitrogen and oxygen atoms in total. The average Bonchev–Trinajstić information content (AvgIpc) is 0.811. The Morgan fingerprint density at radius 2 is 0.778 bits per heavy atom. The van der Waals surface area contributed by atoms with Crippen molar-refractivity contribution in [2.45, 2.75) is 0 Å². The molecule has 9 heteroatoms. The Balaban J connectivity index is -0.00000000450. The smallest absolute Gasteiger partial charge is 0.907 e. The molecule has 0 heterocycles. The van der Waals surface area contributed by atoms with Gasteiger partial charge in [0.25, 0.3) is 0 Å². The maximum Gasteiger partial charge on any atom is 2.00 e. The van der Waals surface area contributed by atoms with Gasteiger partial charge in [0, 0.05) is 0 Å². The summed E-state index contributed by atoms with van der Waals surface area (Å²) >= 11 is 0. The van der Waals surface area contributed by atoms with Gasteiger partial charge in [0.2, 0.25) is 0 Å². The molecule has 5 N–H and O–H groups in total. The molecule has 0 saturated carbocycles. The van der Waals surface area contributed by atoms with Gasteiger partial charge in [-0.15, -0.1) is 0 Å². The number of rotatable bonds is 0. The van der Waals surface area contributed by atoms with Crippen LogP contribution >= 0.6 is 0 Å². The first-order chi connectivity index (χ1) is 1.73. The monoisotopic (exact) mass is 160 g/mol. The van der Waals surface area contributed by atoms with Gasteiger partial charge >= 0.3 is 46.1 Å². The summed E-state index contributed by atoms with van der Waals surface area (Å²) in [6.45, 7) is 0. The van der Waals surface area contributed by atoms with Crippen LogP contribution < -0.4 is 15.1 Å². The van der Waals surface area contributed by atoms with Crippen LogP contribution in [0.1, 0.15) is 0 Å². The van der Waals surface area contributed by atoms with E-state index in [1.165, 1.54) is 0 Å². The summed E-state index contributed by atoms with van der Waals surface area (Å²) in [6.07, 6.45) is 0. The van der Waals surface area contributed by atoms with E-state index in [0.29, 0.717) is 0 Å². The standard InChI is InChI=1S/BO3.2Mg.3H2O/c2-1(3)4;;;;;/h;;;3*1H2/q-3;2*+2;;;/p-1. The van der Waals surface area contributed by atoms with Gasteiger partial charge in [-0.3, -0.25) is 7.32 Å². The molecule has 0 aromatic heterocycles. The van der Waals surface area contributed by atoms with Crippen molar-refractivity contribution in [2.75, 3.05) is 0 Å². The molecule has 0 spiro atoms. The van der Waals surface area contributed by atoms with Crippen LogP contribution in [0, 0.1) is 0 Å². The van der Waals surface area contributed by atoms with Crippen LogP contribution in [0.25, 0.3) is 0 Å². The van der Waals surface area contributed by atoms with E-state index >= 15 is 0 Å². The van der Waals surface area contributed by atoms with E-state index in [4.69, 9.17) is 15.1 Å². The van der Waals surface area contributed by atoms with Crippen LogP contribution in [-0.4, -0.2) is 69.9 Å². The Bertz CT molecular complexity index is 15.8. The van der Waals surface area contributed by atoms with Crippen molar-refractivity contribution in [3.05, 3.63) is 0 Å². The van der Waals surface area contributed by atoms with E-state index in [2.05, 4.69) is 0 Å². The molecule has 0 unspecified atom stereocenters. The van der Waals surface area contributed by atoms with Gasteiger partial charge in [0.1, 0.15) is 0 Å². The van der Waals surface area contributed by atoms with Gasteiger partial charge in [-0.2, -0.15) is 0 Å².